The highest BCUT2D eigenvalue weighted by atomic mass is 32.2. The smallest absolute Gasteiger partial charge is 0.262 e. The molecule has 3 aromatic rings. The Hall–Kier alpha value is -3.04. The van der Waals surface area contributed by atoms with Gasteiger partial charge in [-0.1, -0.05) is 25.6 Å². The lowest BCUT2D eigenvalue weighted by Gasteiger charge is -2.16. The normalized spacial score (nSPS) is 15.6. The Labute approximate surface area is 207 Å². The van der Waals surface area contributed by atoms with Crippen LogP contribution in [-0.2, 0) is 11.3 Å². The number of halogens is 1. The molecule has 35 heavy (non-hydrogen) atoms. The van der Waals surface area contributed by atoms with Crippen LogP contribution < -0.4 is 10.9 Å². The average molecular weight is 498 g/mol. The van der Waals surface area contributed by atoms with Crippen molar-refractivity contribution in [3.63, 3.8) is 0 Å². The number of carbonyl (C=O) groups excluding carboxylic acids is 2. The monoisotopic (exact) mass is 497 g/mol. The Morgan fingerprint density at radius 3 is 2.63 bits per heavy atom. The molecule has 1 aliphatic heterocycles. The average Bonchev–Trinajstić information content (AvgIpc) is 3.36. The van der Waals surface area contributed by atoms with Crippen LogP contribution in [0.3, 0.4) is 0 Å². The van der Waals surface area contributed by atoms with Crippen molar-refractivity contribution in [3.05, 3.63) is 69.8 Å². The van der Waals surface area contributed by atoms with E-state index in [-0.39, 0.29) is 29.1 Å². The van der Waals surface area contributed by atoms with Crippen LogP contribution >= 0.6 is 11.8 Å². The second-order valence-corrected chi connectivity index (χ2v) is 9.94. The van der Waals surface area contributed by atoms with Crippen LogP contribution in [0.5, 0.6) is 0 Å². The maximum atomic E-state index is 13.4. The lowest BCUT2D eigenvalue weighted by Crippen LogP contribution is -2.30. The number of ketones is 1. The fourth-order valence-corrected chi connectivity index (χ4v) is 4.76. The van der Waals surface area contributed by atoms with Crippen LogP contribution in [0.25, 0.3) is 10.9 Å². The van der Waals surface area contributed by atoms with Crippen molar-refractivity contribution in [1.82, 2.24) is 14.9 Å². The molecule has 184 valence electrons. The van der Waals surface area contributed by atoms with Crippen LogP contribution in [0, 0.1) is 11.7 Å². The second-order valence-electron chi connectivity index (χ2n) is 9.00. The quantitative estimate of drug-likeness (QED) is 0.272. The summed E-state index contributed by atoms with van der Waals surface area (Å²) in [6, 6.07) is 10.2. The SMILES string of the molecule is CC(C)CNC(=O)c1ccc2c(=O)n(C[C@@H]3CCCO3)c(SCC(=O)c3ccc(F)cc3)nc2c1. The van der Waals surface area contributed by atoms with Crippen molar-refractivity contribution in [3.8, 4) is 0 Å². The van der Waals surface area contributed by atoms with Gasteiger partial charge in [-0.3, -0.25) is 19.0 Å². The molecule has 1 aromatic heterocycles. The summed E-state index contributed by atoms with van der Waals surface area (Å²) in [5.74, 6) is -0.501. The first kappa shape index (κ1) is 25.1. The van der Waals surface area contributed by atoms with Gasteiger partial charge in [0, 0.05) is 24.3 Å². The number of benzene rings is 2. The maximum absolute atomic E-state index is 13.4. The first-order chi connectivity index (χ1) is 16.8. The zero-order chi connectivity index (χ0) is 24.9. The highest BCUT2D eigenvalue weighted by Crippen LogP contribution is 2.23. The van der Waals surface area contributed by atoms with Crippen LogP contribution in [0.2, 0.25) is 0 Å². The molecule has 1 amide bonds. The van der Waals surface area contributed by atoms with Crippen molar-refractivity contribution >= 4 is 34.4 Å². The Kier molecular flexibility index (Phi) is 7.97. The summed E-state index contributed by atoms with van der Waals surface area (Å²) >= 11 is 1.15. The Morgan fingerprint density at radius 2 is 1.94 bits per heavy atom. The van der Waals surface area contributed by atoms with Gasteiger partial charge in [-0.25, -0.2) is 9.37 Å². The topological polar surface area (TPSA) is 90.3 Å². The predicted molar refractivity (Wildman–Crippen MR) is 134 cm³/mol. The van der Waals surface area contributed by atoms with Crippen molar-refractivity contribution in [1.29, 1.82) is 0 Å². The van der Waals surface area contributed by atoms with E-state index in [4.69, 9.17) is 4.74 Å². The molecule has 2 aromatic carbocycles. The Bertz CT molecular complexity index is 1280. The summed E-state index contributed by atoms with van der Waals surface area (Å²) in [5, 5.41) is 3.65. The van der Waals surface area contributed by atoms with Gasteiger partial charge in [-0.05, 0) is 61.2 Å². The third kappa shape index (κ3) is 6.15. The number of aromatic nitrogens is 2. The van der Waals surface area contributed by atoms with Crippen LogP contribution in [0.4, 0.5) is 4.39 Å². The van der Waals surface area contributed by atoms with E-state index >= 15 is 0 Å². The van der Waals surface area contributed by atoms with Crippen molar-refractivity contribution in [2.45, 2.75) is 44.5 Å². The summed E-state index contributed by atoms with van der Waals surface area (Å²) < 4.78 is 20.5. The molecule has 1 saturated heterocycles. The summed E-state index contributed by atoms with van der Waals surface area (Å²) in [5.41, 5.74) is 0.959. The molecule has 9 heteroatoms. The summed E-state index contributed by atoms with van der Waals surface area (Å²) in [4.78, 5) is 43.3. The van der Waals surface area contributed by atoms with E-state index in [1.165, 1.54) is 24.3 Å². The van der Waals surface area contributed by atoms with Gasteiger partial charge in [-0.15, -0.1) is 0 Å². The highest BCUT2D eigenvalue weighted by molar-refractivity contribution is 7.99. The number of amides is 1. The fraction of sp³-hybridized carbons (Fsp3) is 0.385. The van der Waals surface area contributed by atoms with Crippen molar-refractivity contribution in [2.75, 3.05) is 18.9 Å². The van der Waals surface area contributed by atoms with E-state index in [2.05, 4.69) is 10.3 Å². The van der Waals surface area contributed by atoms with Gasteiger partial charge >= 0.3 is 0 Å². The second kappa shape index (κ2) is 11.1. The van der Waals surface area contributed by atoms with E-state index in [1.54, 1.807) is 22.8 Å². The first-order valence-electron chi connectivity index (χ1n) is 11.7. The van der Waals surface area contributed by atoms with Crippen LogP contribution in [-0.4, -0.2) is 46.2 Å². The van der Waals surface area contributed by atoms with Gasteiger partial charge in [0.15, 0.2) is 10.9 Å². The number of ether oxygens (including phenoxy) is 1. The van der Waals surface area contributed by atoms with Gasteiger partial charge < -0.3 is 10.1 Å². The standard InChI is InChI=1S/C26H28FN3O4S/c1-16(2)13-28-24(32)18-7-10-21-22(12-18)29-26(30(25(21)33)14-20-4-3-11-34-20)35-15-23(31)17-5-8-19(27)9-6-17/h5-10,12,16,20H,3-4,11,13-15H2,1-2H3,(H,28,32)/t20-/m0/s1. The molecule has 0 aliphatic carbocycles. The fourth-order valence-electron chi connectivity index (χ4n) is 3.85. The zero-order valence-electron chi connectivity index (χ0n) is 19.8. The Balaban J connectivity index is 1.65. The van der Waals surface area contributed by atoms with E-state index in [0.717, 1.165) is 24.6 Å². The minimum absolute atomic E-state index is 0.0314. The molecular weight excluding hydrogens is 469 g/mol. The highest BCUT2D eigenvalue weighted by Gasteiger charge is 2.21. The van der Waals surface area contributed by atoms with Gasteiger partial charge in [0.1, 0.15) is 5.82 Å². The summed E-state index contributed by atoms with van der Waals surface area (Å²) in [6.07, 6.45) is 1.68. The molecule has 0 saturated carbocycles. The lowest BCUT2D eigenvalue weighted by atomic mass is 10.1. The number of hydrogen-bond donors (Lipinski definition) is 1. The number of nitrogens with zero attached hydrogens (tertiary/aromatic N) is 2. The third-order valence-corrected chi connectivity index (χ3v) is 6.74. The molecule has 2 heterocycles. The van der Waals surface area contributed by atoms with Crippen molar-refractivity contribution in [2.24, 2.45) is 5.92 Å². The molecule has 4 rings (SSSR count). The molecule has 1 fully saturated rings. The molecule has 0 bridgehead atoms. The summed E-state index contributed by atoms with van der Waals surface area (Å²) in [7, 11) is 0. The molecule has 0 radical (unpaired) electrons. The molecule has 0 spiro atoms. The van der Waals surface area contributed by atoms with Gasteiger partial charge in [0.05, 0.1) is 29.3 Å². The van der Waals surface area contributed by atoms with E-state index in [0.29, 0.717) is 52.8 Å². The Morgan fingerprint density at radius 1 is 1.20 bits per heavy atom. The van der Waals surface area contributed by atoms with E-state index < -0.39 is 5.82 Å². The minimum Gasteiger partial charge on any atom is -0.376 e. The van der Waals surface area contributed by atoms with Gasteiger partial charge in [0.25, 0.3) is 11.5 Å². The predicted octanol–water partition coefficient (Wildman–Crippen LogP) is 4.08. The first-order valence-corrected chi connectivity index (χ1v) is 12.7. The number of nitrogens with one attached hydrogen (secondary N) is 1. The van der Waals surface area contributed by atoms with Crippen molar-refractivity contribution < 1.29 is 18.7 Å². The molecule has 1 aliphatic rings. The van der Waals surface area contributed by atoms with Crippen LogP contribution in [0.15, 0.2) is 52.4 Å². The number of thioether (sulfide) groups is 1. The number of carbonyl (C=O) groups is 2. The van der Waals surface area contributed by atoms with E-state index in [1.807, 2.05) is 13.8 Å². The van der Waals surface area contributed by atoms with E-state index in [9.17, 15) is 18.8 Å². The number of fused-ring (bicyclic) bond motifs is 1. The maximum Gasteiger partial charge on any atom is 0.262 e. The molecule has 0 unspecified atom stereocenters. The number of hydrogen-bond acceptors (Lipinski definition) is 6. The number of Topliss-reactive ketones (excluding diaryl/α,β-unsaturated/α-hetero) is 1. The zero-order valence-corrected chi connectivity index (χ0v) is 20.6. The van der Waals surface area contributed by atoms with Crippen LogP contribution in [0.1, 0.15) is 47.4 Å². The minimum atomic E-state index is -0.413. The molecular formula is C26H28FN3O4S. The number of rotatable bonds is 9. The molecule has 7 nitrogen and oxygen atoms in total. The lowest BCUT2D eigenvalue weighted by molar-refractivity contribution is 0.0937. The summed E-state index contributed by atoms with van der Waals surface area (Å²) in [6.45, 7) is 5.55. The van der Waals surface area contributed by atoms with Gasteiger partial charge in [0.2, 0.25) is 0 Å². The molecule has 1 atom stereocenters. The molecule has 1 N–H and O–H groups in total. The largest absolute Gasteiger partial charge is 0.376 e. The van der Waals surface area contributed by atoms with Gasteiger partial charge in [-0.2, -0.15) is 0 Å². The third-order valence-electron chi connectivity index (χ3n) is 5.76.